The van der Waals surface area contributed by atoms with Crippen molar-refractivity contribution in [2.45, 2.75) is 126 Å². The van der Waals surface area contributed by atoms with Crippen LogP contribution in [0.3, 0.4) is 0 Å². The molecule has 5 aliphatic rings. The molecular formula is C67H86N11O12+. The van der Waals surface area contributed by atoms with Gasteiger partial charge in [-0.25, -0.2) is 19.3 Å². The van der Waals surface area contributed by atoms with Gasteiger partial charge in [-0.05, 0) is 106 Å². The van der Waals surface area contributed by atoms with Crippen molar-refractivity contribution in [3.05, 3.63) is 132 Å². The van der Waals surface area contributed by atoms with E-state index in [2.05, 4.69) is 70.6 Å². The number of piperazine rings is 2. The van der Waals surface area contributed by atoms with Crippen molar-refractivity contribution in [2.75, 3.05) is 76.3 Å². The number of benzene rings is 3. The molecule has 4 saturated heterocycles. The predicted molar refractivity (Wildman–Crippen MR) is 345 cm³/mol. The number of nitrogen functional groups attached to an aromatic ring is 1. The zero-order chi connectivity index (χ0) is 65.1. The maximum Gasteiger partial charge on any atom is 0.331 e. The molecule has 23 nitrogen and oxygen atoms in total. The monoisotopic (exact) mass is 1240 g/mol. The first-order valence-electron chi connectivity index (χ1n) is 30.0. The lowest BCUT2D eigenvalue weighted by atomic mass is 10.1. The number of carbonyl (C=O) groups excluding carboxylic acids is 10. The number of amides is 7. The van der Waals surface area contributed by atoms with Crippen molar-refractivity contribution in [1.29, 1.82) is 0 Å². The van der Waals surface area contributed by atoms with E-state index in [1.807, 2.05) is 19.9 Å². The van der Waals surface area contributed by atoms with Gasteiger partial charge in [0.2, 0.25) is 6.08 Å². The molecule has 23 heteroatoms. The van der Waals surface area contributed by atoms with Crippen molar-refractivity contribution >= 4 is 92.4 Å². The molecule has 0 spiro atoms. The minimum Gasteiger partial charge on any atom is -0.464 e. The summed E-state index contributed by atoms with van der Waals surface area (Å²) in [6, 6.07) is 17.9. The van der Waals surface area contributed by atoms with E-state index in [4.69, 9.17) is 10.5 Å². The highest BCUT2D eigenvalue weighted by Gasteiger charge is 2.39. The highest BCUT2D eigenvalue weighted by Crippen LogP contribution is 2.32. The van der Waals surface area contributed by atoms with Gasteiger partial charge < -0.3 is 50.1 Å². The number of carbonyl (C=O) groups is 9. The van der Waals surface area contributed by atoms with Crippen LogP contribution in [0.2, 0.25) is 0 Å². The van der Waals surface area contributed by atoms with Gasteiger partial charge in [-0.15, -0.1) is 0 Å². The zero-order valence-corrected chi connectivity index (χ0v) is 52.4. The van der Waals surface area contributed by atoms with Crippen molar-refractivity contribution in [1.82, 2.24) is 39.8 Å². The van der Waals surface area contributed by atoms with Gasteiger partial charge in [-0.2, -0.15) is 4.99 Å². The average Bonchev–Trinajstić information content (AvgIpc) is 2.06. The van der Waals surface area contributed by atoms with E-state index in [9.17, 15) is 47.9 Å². The number of aromatic amines is 2. The van der Waals surface area contributed by atoms with Crippen molar-refractivity contribution in [3.63, 3.8) is 0 Å². The number of hydrogen-bond donors (Lipinski definition) is 4. The summed E-state index contributed by atoms with van der Waals surface area (Å²) >= 11 is 0. The molecule has 1 aliphatic carbocycles. The molecular weight excluding hydrogens is 1150 g/mol. The maximum absolute atomic E-state index is 13.3. The Balaban J connectivity index is 0.000000241. The fraction of sp³-hybridized carbons (Fsp3) is 0.433. The van der Waals surface area contributed by atoms with E-state index in [0.717, 1.165) is 24.7 Å². The van der Waals surface area contributed by atoms with Gasteiger partial charge in [-0.3, -0.25) is 38.5 Å². The number of anilines is 2. The largest absolute Gasteiger partial charge is 0.464 e. The molecule has 10 rings (SSSR count). The quantitative estimate of drug-likeness (QED) is 0.0128. The van der Waals surface area contributed by atoms with Crippen LogP contribution in [0.5, 0.6) is 0 Å². The van der Waals surface area contributed by atoms with E-state index >= 15 is 0 Å². The van der Waals surface area contributed by atoms with Crippen LogP contribution in [0.15, 0.2) is 114 Å². The van der Waals surface area contributed by atoms with E-state index in [0.29, 0.717) is 101 Å². The van der Waals surface area contributed by atoms with Crippen LogP contribution in [0.25, 0.3) is 21.8 Å². The lowest BCUT2D eigenvalue weighted by Gasteiger charge is -2.39. The molecule has 480 valence electrons. The van der Waals surface area contributed by atoms with E-state index in [1.54, 1.807) is 109 Å². The Bertz CT molecular complexity index is 3490. The van der Waals surface area contributed by atoms with Gasteiger partial charge >= 0.3 is 12.0 Å². The first-order chi connectivity index (χ1) is 42.6. The lowest BCUT2D eigenvalue weighted by molar-refractivity contribution is -0.144. The zero-order valence-electron chi connectivity index (χ0n) is 52.4. The van der Waals surface area contributed by atoms with Gasteiger partial charge in [0.25, 0.3) is 41.1 Å². The number of rotatable bonds is 13. The van der Waals surface area contributed by atoms with Gasteiger partial charge in [-0.1, -0.05) is 56.8 Å². The third-order valence-corrected chi connectivity index (χ3v) is 15.4. The molecule has 90 heavy (non-hydrogen) atoms. The number of aliphatic imine (C=N–C) groups is 1. The number of hydrogen-bond acceptors (Lipinski definition) is 15. The van der Waals surface area contributed by atoms with Gasteiger partial charge in [0.1, 0.15) is 23.8 Å². The van der Waals surface area contributed by atoms with Crippen LogP contribution in [0.1, 0.15) is 121 Å². The number of esters is 1. The number of isocyanates is 1. The highest BCUT2D eigenvalue weighted by molar-refractivity contribution is 6.46. The maximum atomic E-state index is 13.3. The van der Waals surface area contributed by atoms with E-state index in [-0.39, 0.29) is 43.4 Å². The number of H-pyrrole nitrogens is 2. The molecule has 6 heterocycles. The second-order valence-corrected chi connectivity index (χ2v) is 22.2. The Hall–Kier alpha value is -9.40. The number of aromatic nitrogens is 2. The topological polar surface area (TPSA) is 291 Å². The number of fused-ring (bicyclic) bond motifs is 2. The van der Waals surface area contributed by atoms with Gasteiger partial charge in [0.05, 0.1) is 52.3 Å². The fourth-order valence-corrected chi connectivity index (χ4v) is 10.8. The van der Waals surface area contributed by atoms with Crippen molar-refractivity contribution < 1.29 is 57.4 Å². The minimum atomic E-state index is -0.725. The van der Waals surface area contributed by atoms with Crippen molar-refractivity contribution in [2.24, 2.45) is 4.99 Å². The number of nitrogens with two attached hydrogens (primary N) is 1. The first kappa shape index (κ1) is 71.4. The number of imide groups is 1. The highest BCUT2D eigenvalue weighted by atomic mass is 16.5. The Labute approximate surface area is 526 Å². The summed E-state index contributed by atoms with van der Waals surface area (Å²) in [7, 11) is 0. The third kappa shape index (κ3) is 17.7. The van der Waals surface area contributed by atoms with E-state index in [1.165, 1.54) is 48.0 Å². The number of allylic oxidation sites excluding steroid dienone is 4. The number of ether oxygens (including phenoxy) is 2. The molecule has 0 saturated carbocycles. The Morgan fingerprint density at radius 2 is 1.29 bits per heavy atom. The molecule has 4 aliphatic heterocycles. The van der Waals surface area contributed by atoms with Crippen LogP contribution in [0.4, 0.5) is 16.2 Å². The number of nitrogens with zero attached hydrogens (tertiary/aromatic N) is 7. The summed E-state index contributed by atoms with van der Waals surface area (Å²) in [6.07, 6.45) is 16.5. The summed E-state index contributed by atoms with van der Waals surface area (Å²) < 4.78 is 9.49. The van der Waals surface area contributed by atoms with Gasteiger partial charge in [0, 0.05) is 111 Å². The summed E-state index contributed by atoms with van der Waals surface area (Å²) in [4.78, 5) is 142. The summed E-state index contributed by atoms with van der Waals surface area (Å²) in [6.45, 7) is 25.0. The molecule has 2 aromatic heterocycles. The van der Waals surface area contributed by atoms with Crippen LogP contribution >= 0.6 is 0 Å². The fourth-order valence-electron chi connectivity index (χ4n) is 10.8. The molecule has 0 bridgehead atoms. The van der Waals surface area contributed by atoms with Gasteiger partial charge in [0.15, 0.2) is 6.04 Å². The van der Waals surface area contributed by atoms with Crippen LogP contribution in [0, 0.1) is 6.08 Å². The Morgan fingerprint density at radius 3 is 1.74 bits per heavy atom. The summed E-state index contributed by atoms with van der Waals surface area (Å²) in [5.74, 6) is -3.60. The Morgan fingerprint density at radius 1 is 0.744 bits per heavy atom. The first-order valence-corrected chi connectivity index (χ1v) is 30.0. The second kappa shape index (κ2) is 33.8. The average molecular weight is 1240 g/mol. The molecule has 5 N–H and O–H groups in total. The van der Waals surface area contributed by atoms with Crippen LogP contribution in [-0.4, -0.2) is 196 Å². The molecule has 0 radical (unpaired) electrons. The normalized spacial score (nSPS) is 17.8. The van der Waals surface area contributed by atoms with Crippen LogP contribution < -0.4 is 16.0 Å². The smallest absolute Gasteiger partial charge is 0.331 e. The number of urea groups is 1. The molecule has 4 atom stereocenters. The SMILES string of the molecule is C.C1CCOC1.CC1NC(=O)N(c2cccc3c(C(=O)C(=O)N4CCN(C(=O)c5ccccc5)C[C@H]4C)c[nH]c23)C1=O.CCN(C(C)C)C(C)C.CCOC(=O)C(C)N=C=O.C[C@@H]1CN(C(=O)C2=CC=[C+]C=C2)CCN1C(=O)C(=O)c1c[nH]c2c(N)cccc12. The molecule has 7 amide bonds. The lowest BCUT2D eigenvalue weighted by Crippen LogP contribution is -2.57. The van der Waals surface area contributed by atoms with Crippen LogP contribution in [-0.2, 0) is 38.2 Å². The summed E-state index contributed by atoms with van der Waals surface area (Å²) in [5.41, 5.74) is 9.45. The Kier molecular flexibility index (Phi) is 26.8. The third-order valence-electron chi connectivity index (χ3n) is 15.4. The number of Topliss-reactive ketones (excluding diaryl/α,β-unsaturated/α-hetero) is 2. The van der Waals surface area contributed by atoms with E-state index < -0.39 is 53.4 Å². The predicted octanol–water partition coefficient (Wildman–Crippen LogP) is 7.85. The van der Waals surface area contributed by atoms with Crippen molar-refractivity contribution in [3.8, 4) is 0 Å². The molecule has 3 aromatic carbocycles. The standard InChI is InChI=1S/C26H25N5O5.C22H20N4O3.C8H19N.C6H9NO3.C4H8O.CH4/c1-15-14-29(24(34)17-7-4-3-5-8-17)11-12-30(15)25(35)22(32)19-13-27-21-18(19)9-6-10-20(21)31-23(33)16(2)28-26(31)36;1-14-13-25(21(28)15-6-3-2-4-7-15)10-11-26(14)22(29)20(27)17-12-24-19-16(17)8-5-9-18(19)23;1-6-9(7(2)3)8(4)5;1-3-10-6(9)5(2)7-4-8;1-2-4-5-3-1;/h3-10,13,15-16,27H,11-12,14H2,1-2H3,(H,28,36);3-9,12,14H,10-11,13H2,1H3,(H2-,23,24,27,29);7-8H,6H2,1-5H3;5H,3H2,1-2H3;1-4H2;1H4/p+1/t15-,16?;14-;;;;/m11..../s1. The number of para-hydroxylation sites is 2. The molecule has 4 fully saturated rings. The number of nitrogens with one attached hydrogen (secondary N) is 3. The minimum absolute atomic E-state index is 0. The molecule has 5 aromatic rings. The molecule has 2 unspecified atom stereocenters. The number of ketones is 2. The second-order valence-electron chi connectivity index (χ2n) is 22.2. The summed E-state index contributed by atoms with van der Waals surface area (Å²) in [5, 5.41) is 3.64.